The van der Waals surface area contributed by atoms with E-state index in [1.165, 1.54) is 0 Å². The van der Waals surface area contributed by atoms with Crippen LogP contribution in [-0.4, -0.2) is 51.7 Å². The number of carbonyl (C=O) groups is 1. The van der Waals surface area contributed by atoms with Crippen LogP contribution in [0.1, 0.15) is 42.1 Å². The van der Waals surface area contributed by atoms with E-state index < -0.39 is 5.91 Å². The van der Waals surface area contributed by atoms with E-state index in [9.17, 15) is 4.79 Å². The van der Waals surface area contributed by atoms with Gasteiger partial charge in [0.15, 0.2) is 0 Å². The van der Waals surface area contributed by atoms with Crippen molar-refractivity contribution in [1.29, 1.82) is 0 Å². The highest BCUT2D eigenvalue weighted by Crippen LogP contribution is 2.33. The van der Waals surface area contributed by atoms with E-state index in [1.807, 2.05) is 33.8 Å². The predicted molar refractivity (Wildman–Crippen MR) is 104 cm³/mol. The fraction of sp³-hybridized carbons (Fsp3) is 0.450. The van der Waals surface area contributed by atoms with Gasteiger partial charge in [0.1, 0.15) is 0 Å². The maximum atomic E-state index is 12.2. The molecule has 2 heterocycles. The molecule has 0 saturated heterocycles. The molecule has 1 saturated carbocycles. The molecule has 28 heavy (non-hydrogen) atoms. The largest absolute Gasteiger partial charge is 0.382 e. The van der Waals surface area contributed by atoms with Crippen molar-refractivity contribution in [2.75, 3.05) is 20.3 Å². The normalized spacial score (nSPS) is 19.9. The number of aromatic nitrogens is 4. The highest BCUT2D eigenvalue weighted by molar-refractivity contribution is 6.05. The number of hydrogen-bond donors (Lipinski definition) is 1. The lowest BCUT2D eigenvalue weighted by molar-refractivity contribution is -0.00690. The molecule has 1 fully saturated rings. The van der Waals surface area contributed by atoms with Crippen LogP contribution < -0.4 is 5.73 Å². The summed E-state index contributed by atoms with van der Waals surface area (Å²) in [6, 6.07) is 4.05. The zero-order valence-corrected chi connectivity index (χ0v) is 16.0. The average Bonchev–Trinajstić information content (AvgIpc) is 3.38. The van der Waals surface area contributed by atoms with Crippen molar-refractivity contribution in [2.45, 2.75) is 37.8 Å². The quantitative estimate of drug-likeness (QED) is 0.632. The number of amides is 1. The number of hydrogen-bond acceptors (Lipinski definition) is 5. The molecule has 3 aromatic rings. The molecule has 0 bridgehead atoms. The monoisotopic (exact) mass is 383 g/mol. The molecule has 1 amide bonds. The Hall–Kier alpha value is -2.71. The number of nitrogens with zero attached hydrogens (tertiary/aromatic N) is 4. The number of benzene rings is 1. The first kappa shape index (κ1) is 18.6. The highest BCUT2D eigenvalue weighted by Gasteiger charge is 2.26. The number of methoxy groups -OCH3 is 1. The van der Waals surface area contributed by atoms with Crippen LogP contribution in [0.5, 0.6) is 0 Å². The lowest BCUT2D eigenvalue weighted by atomic mass is 9.92. The molecule has 0 aliphatic heterocycles. The topological polar surface area (TPSA) is 97.2 Å². The Balaban J connectivity index is 1.60. The van der Waals surface area contributed by atoms with E-state index in [2.05, 4.69) is 10.1 Å². The summed E-state index contributed by atoms with van der Waals surface area (Å²) in [7, 11) is 1.68. The van der Waals surface area contributed by atoms with Crippen molar-refractivity contribution in [1.82, 2.24) is 19.3 Å². The molecular formula is C20H25N5O3. The van der Waals surface area contributed by atoms with Crippen molar-refractivity contribution in [3.05, 3.63) is 42.6 Å². The number of rotatable bonds is 7. The van der Waals surface area contributed by atoms with Gasteiger partial charge in [-0.05, 0) is 37.8 Å². The standard InChI is InChI=1S/C20H25N5O3/c1-27-8-9-28-17-4-2-15(3-5-17)25-19-14(12-23-25)10-16(11-18(19)20(21)26)24-7-6-22-13-24/h6-7,10-13,15,17H,2-5,8-9H2,1H3,(H2,21,26). The van der Waals surface area contributed by atoms with E-state index in [0.717, 1.165) is 42.3 Å². The van der Waals surface area contributed by atoms with Gasteiger partial charge in [-0.25, -0.2) is 4.98 Å². The highest BCUT2D eigenvalue weighted by atomic mass is 16.5. The van der Waals surface area contributed by atoms with Gasteiger partial charge in [0.05, 0.1) is 49.0 Å². The van der Waals surface area contributed by atoms with Gasteiger partial charge in [-0.1, -0.05) is 0 Å². The number of fused-ring (bicyclic) bond motifs is 1. The number of carbonyl (C=O) groups excluding carboxylic acids is 1. The molecular weight excluding hydrogens is 358 g/mol. The second kappa shape index (κ2) is 8.12. The minimum atomic E-state index is -0.453. The van der Waals surface area contributed by atoms with Crippen LogP contribution in [0.3, 0.4) is 0 Å². The maximum Gasteiger partial charge on any atom is 0.250 e. The van der Waals surface area contributed by atoms with Crippen LogP contribution in [0, 0.1) is 0 Å². The lowest BCUT2D eigenvalue weighted by Crippen LogP contribution is -2.26. The third-order valence-electron chi connectivity index (χ3n) is 5.37. The molecule has 148 valence electrons. The first-order valence-corrected chi connectivity index (χ1v) is 9.57. The minimum absolute atomic E-state index is 0.233. The zero-order chi connectivity index (χ0) is 19.5. The minimum Gasteiger partial charge on any atom is -0.382 e. The van der Waals surface area contributed by atoms with Crippen molar-refractivity contribution >= 4 is 16.8 Å². The van der Waals surface area contributed by atoms with Crippen LogP contribution in [0.2, 0.25) is 0 Å². The van der Waals surface area contributed by atoms with Crippen LogP contribution >= 0.6 is 0 Å². The first-order chi connectivity index (χ1) is 13.7. The summed E-state index contributed by atoms with van der Waals surface area (Å²) in [5.41, 5.74) is 7.84. The number of ether oxygens (including phenoxy) is 2. The van der Waals surface area contributed by atoms with Gasteiger partial charge in [0, 0.05) is 30.6 Å². The Labute approximate surface area is 163 Å². The lowest BCUT2D eigenvalue weighted by Gasteiger charge is -2.29. The second-order valence-corrected chi connectivity index (χ2v) is 7.15. The van der Waals surface area contributed by atoms with Crippen LogP contribution in [0.15, 0.2) is 37.1 Å². The molecule has 0 spiro atoms. The maximum absolute atomic E-state index is 12.2. The Morgan fingerprint density at radius 1 is 1.25 bits per heavy atom. The van der Waals surface area contributed by atoms with E-state index in [4.69, 9.17) is 15.2 Å². The fourth-order valence-corrected chi connectivity index (χ4v) is 3.96. The molecule has 0 unspecified atom stereocenters. The zero-order valence-electron chi connectivity index (χ0n) is 16.0. The fourth-order valence-electron chi connectivity index (χ4n) is 3.96. The van der Waals surface area contributed by atoms with Gasteiger partial charge in [0.2, 0.25) is 0 Å². The molecule has 0 radical (unpaired) electrons. The summed E-state index contributed by atoms with van der Waals surface area (Å²) < 4.78 is 14.7. The van der Waals surface area contributed by atoms with Crippen molar-refractivity contribution in [3.8, 4) is 5.69 Å². The van der Waals surface area contributed by atoms with Gasteiger partial charge in [-0.2, -0.15) is 5.10 Å². The second-order valence-electron chi connectivity index (χ2n) is 7.15. The molecule has 8 nitrogen and oxygen atoms in total. The molecule has 2 N–H and O–H groups in total. The molecule has 1 aromatic carbocycles. The smallest absolute Gasteiger partial charge is 0.250 e. The Morgan fingerprint density at radius 2 is 2.07 bits per heavy atom. The van der Waals surface area contributed by atoms with Crippen LogP contribution in [0.25, 0.3) is 16.6 Å². The van der Waals surface area contributed by atoms with Crippen molar-refractivity contribution in [3.63, 3.8) is 0 Å². The average molecular weight is 383 g/mol. The van der Waals surface area contributed by atoms with Gasteiger partial charge in [0.25, 0.3) is 5.91 Å². The summed E-state index contributed by atoms with van der Waals surface area (Å²) in [6.45, 7) is 1.24. The molecule has 1 aliphatic rings. The Kier molecular flexibility index (Phi) is 5.40. The van der Waals surface area contributed by atoms with Gasteiger partial charge in [-0.15, -0.1) is 0 Å². The molecule has 2 aromatic heterocycles. The van der Waals surface area contributed by atoms with Gasteiger partial charge < -0.3 is 19.8 Å². The number of primary amides is 1. The van der Waals surface area contributed by atoms with Crippen molar-refractivity contribution < 1.29 is 14.3 Å². The third kappa shape index (κ3) is 3.65. The predicted octanol–water partition coefficient (Wildman–Crippen LogP) is 2.47. The SMILES string of the molecule is COCCOC1CCC(n2ncc3cc(-n4ccnc4)cc(C(N)=O)c32)CC1. The summed E-state index contributed by atoms with van der Waals surface area (Å²) in [5.74, 6) is -0.453. The van der Waals surface area contributed by atoms with Crippen molar-refractivity contribution in [2.24, 2.45) is 5.73 Å². The number of imidazole rings is 1. The van der Waals surface area contributed by atoms with E-state index in [-0.39, 0.29) is 12.1 Å². The molecule has 4 rings (SSSR count). The Morgan fingerprint density at radius 3 is 2.75 bits per heavy atom. The van der Waals surface area contributed by atoms with Gasteiger partial charge >= 0.3 is 0 Å². The molecule has 0 atom stereocenters. The summed E-state index contributed by atoms with van der Waals surface area (Å²) in [4.78, 5) is 16.3. The summed E-state index contributed by atoms with van der Waals surface area (Å²) in [6.07, 6.45) is 11.1. The van der Waals surface area contributed by atoms with Crippen LogP contribution in [0.4, 0.5) is 0 Å². The molecule has 1 aliphatic carbocycles. The first-order valence-electron chi connectivity index (χ1n) is 9.57. The third-order valence-corrected chi connectivity index (χ3v) is 5.37. The van der Waals surface area contributed by atoms with E-state index >= 15 is 0 Å². The summed E-state index contributed by atoms with van der Waals surface area (Å²) >= 11 is 0. The summed E-state index contributed by atoms with van der Waals surface area (Å²) in [5, 5.41) is 5.51. The number of nitrogens with two attached hydrogens (primary N) is 1. The Bertz CT molecular complexity index is 942. The molecule has 8 heteroatoms. The van der Waals surface area contributed by atoms with E-state index in [0.29, 0.717) is 18.8 Å². The van der Waals surface area contributed by atoms with E-state index in [1.54, 1.807) is 19.6 Å². The van der Waals surface area contributed by atoms with Crippen LogP contribution in [-0.2, 0) is 9.47 Å². The van der Waals surface area contributed by atoms with Gasteiger partial charge in [-0.3, -0.25) is 9.48 Å².